The highest BCUT2D eigenvalue weighted by atomic mass is 16.2. The zero-order chi connectivity index (χ0) is 16.1. The first-order chi connectivity index (χ1) is 11.1. The first-order valence-electron chi connectivity index (χ1n) is 8.19. The number of carbonyl (C=O) groups excluding carboxylic acids is 1. The average Bonchev–Trinajstić information content (AvgIpc) is 3.00. The van der Waals surface area contributed by atoms with Crippen LogP contribution in [0.25, 0.3) is 0 Å². The lowest BCUT2D eigenvalue weighted by Gasteiger charge is -2.34. The molecule has 2 atom stereocenters. The first-order valence-corrected chi connectivity index (χ1v) is 8.19. The number of rotatable bonds is 3. The van der Waals surface area contributed by atoms with Crippen molar-refractivity contribution in [3.05, 3.63) is 83.9 Å². The van der Waals surface area contributed by atoms with Gasteiger partial charge in [-0.05, 0) is 35.4 Å². The molecule has 1 saturated heterocycles. The summed E-state index contributed by atoms with van der Waals surface area (Å²) in [7, 11) is 0. The van der Waals surface area contributed by atoms with E-state index in [2.05, 4.69) is 48.7 Å². The summed E-state index contributed by atoms with van der Waals surface area (Å²) in [4.78, 5) is 15.1. The molecule has 0 spiro atoms. The molecular formula is C21H21NO. The fraction of sp³-hybridized carbons (Fsp3) is 0.286. The Labute approximate surface area is 137 Å². The number of hydrogen-bond acceptors (Lipinski definition) is 1. The van der Waals surface area contributed by atoms with Crippen LogP contribution in [0, 0.1) is 5.41 Å². The summed E-state index contributed by atoms with van der Waals surface area (Å²) in [5, 5.41) is 0. The molecule has 2 heteroatoms. The molecule has 0 aromatic heterocycles. The van der Waals surface area contributed by atoms with Gasteiger partial charge in [-0.25, -0.2) is 0 Å². The van der Waals surface area contributed by atoms with Crippen molar-refractivity contribution in [3.8, 4) is 0 Å². The number of amides is 1. The van der Waals surface area contributed by atoms with E-state index in [4.69, 9.17) is 0 Å². The SMILES string of the molecule is C=CC[C@]1(C)CN2C(=O)c3ccccc3[C@]2(c2ccccc2)C1. The third kappa shape index (κ3) is 1.84. The van der Waals surface area contributed by atoms with Crippen LogP contribution in [0.15, 0.2) is 67.3 Å². The van der Waals surface area contributed by atoms with Gasteiger partial charge in [-0.2, -0.15) is 0 Å². The third-order valence-corrected chi connectivity index (χ3v) is 5.42. The van der Waals surface area contributed by atoms with Gasteiger partial charge in [-0.15, -0.1) is 6.58 Å². The molecule has 0 unspecified atom stereocenters. The predicted octanol–water partition coefficient (Wildman–Crippen LogP) is 4.37. The maximum atomic E-state index is 13.0. The van der Waals surface area contributed by atoms with Gasteiger partial charge >= 0.3 is 0 Å². The molecule has 23 heavy (non-hydrogen) atoms. The molecule has 2 aromatic rings. The quantitative estimate of drug-likeness (QED) is 0.771. The number of benzene rings is 2. The zero-order valence-electron chi connectivity index (χ0n) is 13.5. The molecule has 0 saturated carbocycles. The van der Waals surface area contributed by atoms with Gasteiger partial charge in [0.25, 0.3) is 5.91 Å². The van der Waals surface area contributed by atoms with Crippen LogP contribution in [-0.4, -0.2) is 17.4 Å². The zero-order valence-corrected chi connectivity index (χ0v) is 13.5. The van der Waals surface area contributed by atoms with E-state index in [-0.39, 0.29) is 16.9 Å². The maximum Gasteiger partial charge on any atom is 0.255 e. The molecule has 2 nitrogen and oxygen atoms in total. The number of allylic oxidation sites excluding steroid dienone is 1. The summed E-state index contributed by atoms with van der Waals surface area (Å²) < 4.78 is 0. The molecule has 0 N–H and O–H groups in total. The Morgan fingerprint density at radius 3 is 2.57 bits per heavy atom. The minimum absolute atomic E-state index is 0.0702. The fourth-order valence-electron chi connectivity index (χ4n) is 4.56. The summed E-state index contributed by atoms with van der Waals surface area (Å²) in [6.07, 6.45) is 3.85. The van der Waals surface area contributed by atoms with Gasteiger partial charge < -0.3 is 4.90 Å². The molecule has 116 valence electrons. The number of nitrogens with zero attached hydrogens (tertiary/aromatic N) is 1. The van der Waals surface area contributed by atoms with Crippen molar-refractivity contribution in [2.45, 2.75) is 25.3 Å². The molecule has 2 aromatic carbocycles. The minimum Gasteiger partial charge on any atom is -0.324 e. The normalized spacial score (nSPS) is 28.6. The minimum atomic E-state index is -0.327. The van der Waals surface area contributed by atoms with E-state index in [0.29, 0.717) is 0 Å². The summed E-state index contributed by atoms with van der Waals surface area (Å²) >= 11 is 0. The van der Waals surface area contributed by atoms with E-state index in [1.165, 1.54) is 5.56 Å². The Morgan fingerprint density at radius 2 is 1.83 bits per heavy atom. The van der Waals surface area contributed by atoms with Crippen molar-refractivity contribution in [1.82, 2.24) is 4.90 Å². The van der Waals surface area contributed by atoms with Crippen molar-refractivity contribution in [2.24, 2.45) is 5.41 Å². The van der Waals surface area contributed by atoms with E-state index in [1.54, 1.807) is 0 Å². The Balaban J connectivity index is 1.96. The molecule has 0 radical (unpaired) electrons. The van der Waals surface area contributed by atoms with Crippen LogP contribution in [0.5, 0.6) is 0 Å². The highest BCUT2D eigenvalue weighted by Crippen LogP contribution is 2.57. The van der Waals surface area contributed by atoms with Crippen LogP contribution in [0.4, 0.5) is 0 Å². The Kier molecular flexibility index (Phi) is 2.99. The van der Waals surface area contributed by atoms with E-state index < -0.39 is 0 Å². The summed E-state index contributed by atoms with van der Waals surface area (Å²) in [5.41, 5.74) is 2.97. The van der Waals surface area contributed by atoms with E-state index in [1.807, 2.05) is 30.3 Å². The van der Waals surface area contributed by atoms with Crippen molar-refractivity contribution in [3.63, 3.8) is 0 Å². The predicted molar refractivity (Wildman–Crippen MR) is 92.2 cm³/mol. The largest absolute Gasteiger partial charge is 0.324 e. The second-order valence-corrected chi connectivity index (χ2v) is 7.14. The van der Waals surface area contributed by atoms with Crippen molar-refractivity contribution in [1.29, 1.82) is 0 Å². The topological polar surface area (TPSA) is 20.3 Å². The fourth-order valence-corrected chi connectivity index (χ4v) is 4.56. The molecule has 0 aliphatic carbocycles. The summed E-state index contributed by atoms with van der Waals surface area (Å²) in [6, 6.07) is 18.6. The van der Waals surface area contributed by atoms with E-state index in [9.17, 15) is 4.79 Å². The molecule has 4 rings (SSSR count). The molecule has 2 aliphatic heterocycles. The lowest BCUT2D eigenvalue weighted by Crippen LogP contribution is -2.39. The van der Waals surface area contributed by atoms with Crippen molar-refractivity contribution >= 4 is 5.91 Å². The Bertz CT molecular complexity index is 781. The van der Waals surface area contributed by atoms with Crippen LogP contribution < -0.4 is 0 Å². The van der Waals surface area contributed by atoms with Gasteiger partial charge in [-0.3, -0.25) is 4.79 Å². The van der Waals surface area contributed by atoms with Crippen molar-refractivity contribution in [2.75, 3.05) is 6.54 Å². The standard InChI is InChI=1S/C21H21NO/c1-3-13-20(2)14-21(16-9-5-4-6-10-16)18-12-8-7-11-17(18)19(23)22(21)15-20/h3-12H,1,13-15H2,2H3/t20-,21+/m0/s1. The highest BCUT2D eigenvalue weighted by molar-refractivity contribution is 6.01. The number of fused-ring (bicyclic) bond motifs is 3. The Morgan fingerprint density at radius 1 is 1.13 bits per heavy atom. The van der Waals surface area contributed by atoms with E-state index in [0.717, 1.165) is 30.5 Å². The highest BCUT2D eigenvalue weighted by Gasteiger charge is 2.59. The average molecular weight is 303 g/mol. The molecule has 1 fully saturated rings. The monoisotopic (exact) mass is 303 g/mol. The van der Waals surface area contributed by atoms with Crippen LogP contribution in [0.3, 0.4) is 0 Å². The first kappa shape index (κ1) is 14.3. The lowest BCUT2D eigenvalue weighted by molar-refractivity contribution is 0.0703. The van der Waals surface area contributed by atoms with Gasteiger partial charge in [-0.1, -0.05) is 61.5 Å². The molecular weight excluding hydrogens is 282 g/mol. The second kappa shape index (κ2) is 4.82. The molecule has 0 bridgehead atoms. The van der Waals surface area contributed by atoms with Crippen LogP contribution in [-0.2, 0) is 5.54 Å². The lowest BCUT2D eigenvalue weighted by atomic mass is 9.73. The number of carbonyl (C=O) groups is 1. The Hall–Kier alpha value is -2.35. The third-order valence-electron chi connectivity index (χ3n) is 5.42. The number of hydrogen-bond donors (Lipinski definition) is 0. The van der Waals surface area contributed by atoms with Crippen LogP contribution in [0.2, 0.25) is 0 Å². The summed E-state index contributed by atoms with van der Waals surface area (Å²) in [5.74, 6) is 0.164. The molecule has 2 aliphatic rings. The molecule has 2 heterocycles. The summed E-state index contributed by atoms with van der Waals surface area (Å²) in [6.45, 7) is 6.97. The van der Waals surface area contributed by atoms with Gasteiger partial charge in [0.05, 0.1) is 5.54 Å². The van der Waals surface area contributed by atoms with Gasteiger partial charge in [0.2, 0.25) is 0 Å². The molecule has 1 amide bonds. The smallest absolute Gasteiger partial charge is 0.255 e. The second-order valence-electron chi connectivity index (χ2n) is 7.14. The van der Waals surface area contributed by atoms with Crippen molar-refractivity contribution < 1.29 is 4.79 Å². The maximum absolute atomic E-state index is 13.0. The van der Waals surface area contributed by atoms with Gasteiger partial charge in [0.1, 0.15) is 0 Å². The van der Waals surface area contributed by atoms with E-state index >= 15 is 0 Å². The van der Waals surface area contributed by atoms with Crippen LogP contribution >= 0.6 is 0 Å². The van der Waals surface area contributed by atoms with Gasteiger partial charge in [0.15, 0.2) is 0 Å². The van der Waals surface area contributed by atoms with Gasteiger partial charge in [0, 0.05) is 12.1 Å². The van der Waals surface area contributed by atoms with Crippen LogP contribution in [0.1, 0.15) is 41.3 Å².